The molecule has 0 radical (unpaired) electrons. The van der Waals surface area contributed by atoms with E-state index in [1.54, 1.807) is 22.8 Å². The van der Waals surface area contributed by atoms with Gasteiger partial charge in [-0.05, 0) is 36.7 Å². The van der Waals surface area contributed by atoms with Gasteiger partial charge in [-0.1, -0.05) is 0 Å². The predicted molar refractivity (Wildman–Crippen MR) is 68.8 cm³/mol. The summed E-state index contributed by atoms with van der Waals surface area (Å²) in [5, 5.41) is 4.11. The van der Waals surface area contributed by atoms with Gasteiger partial charge < -0.3 is 9.64 Å². The van der Waals surface area contributed by atoms with Gasteiger partial charge in [-0.25, -0.2) is 4.79 Å². The first-order chi connectivity index (χ1) is 7.78. The van der Waals surface area contributed by atoms with Gasteiger partial charge in [-0.3, -0.25) is 4.68 Å². The summed E-state index contributed by atoms with van der Waals surface area (Å²) >= 11 is 3.32. The van der Waals surface area contributed by atoms with Crippen molar-refractivity contribution in [1.29, 1.82) is 0 Å². The van der Waals surface area contributed by atoms with Gasteiger partial charge in [0.2, 0.25) is 0 Å². The van der Waals surface area contributed by atoms with Crippen molar-refractivity contribution in [2.75, 3.05) is 13.6 Å². The monoisotopic (exact) mass is 303 g/mol. The molecule has 0 fully saturated rings. The zero-order valence-corrected chi connectivity index (χ0v) is 12.2. The van der Waals surface area contributed by atoms with Crippen molar-refractivity contribution >= 4 is 22.0 Å². The van der Waals surface area contributed by atoms with E-state index in [-0.39, 0.29) is 6.09 Å². The molecule has 0 spiro atoms. The maximum absolute atomic E-state index is 11.6. The highest BCUT2D eigenvalue weighted by Crippen LogP contribution is 2.09. The number of rotatable bonds is 3. The first kappa shape index (κ1) is 14.0. The van der Waals surface area contributed by atoms with E-state index < -0.39 is 5.60 Å². The topological polar surface area (TPSA) is 47.4 Å². The molecular weight excluding hydrogens is 286 g/mol. The third kappa shape index (κ3) is 5.21. The van der Waals surface area contributed by atoms with Gasteiger partial charge in [-0.2, -0.15) is 5.10 Å². The number of nitrogens with zero attached hydrogens (tertiary/aromatic N) is 3. The average Bonchev–Trinajstić information content (AvgIpc) is 2.58. The molecule has 5 nitrogen and oxygen atoms in total. The summed E-state index contributed by atoms with van der Waals surface area (Å²) in [6.45, 7) is 6.75. The lowest BCUT2D eigenvalue weighted by atomic mass is 10.2. The Balaban J connectivity index is 2.39. The molecule has 0 unspecified atom stereocenters. The van der Waals surface area contributed by atoms with E-state index in [0.717, 1.165) is 4.47 Å². The van der Waals surface area contributed by atoms with Crippen LogP contribution in [0.2, 0.25) is 0 Å². The van der Waals surface area contributed by atoms with Crippen LogP contribution in [0.3, 0.4) is 0 Å². The normalized spacial score (nSPS) is 11.4. The highest BCUT2D eigenvalue weighted by molar-refractivity contribution is 9.10. The number of aromatic nitrogens is 2. The van der Waals surface area contributed by atoms with Crippen LogP contribution in [0.15, 0.2) is 16.9 Å². The number of halogens is 1. The maximum Gasteiger partial charge on any atom is 0.410 e. The fraction of sp³-hybridized carbons (Fsp3) is 0.636. The SMILES string of the molecule is CN(CCn1cc(Br)cn1)C(=O)OC(C)(C)C. The largest absolute Gasteiger partial charge is 0.444 e. The van der Waals surface area contributed by atoms with Crippen molar-refractivity contribution < 1.29 is 9.53 Å². The molecule has 1 amide bonds. The molecule has 6 heteroatoms. The molecule has 0 aliphatic carbocycles. The molecule has 0 saturated carbocycles. The van der Waals surface area contributed by atoms with Crippen LogP contribution in [0, 0.1) is 0 Å². The van der Waals surface area contributed by atoms with Crippen molar-refractivity contribution in [3.8, 4) is 0 Å². The quantitative estimate of drug-likeness (QED) is 0.862. The van der Waals surface area contributed by atoms with Crippen molar-refractivity contribution in [2.45, 2.75) is 32.9 Å². The minimum absolute atomic E-state index is 0.316. The number of carbonyl (C=O) groups excluding carboxylic acids is 1. The molecule has 17 heavy (non-hydrogen) atoms. The Kier molecular flexibility index (Phi) is 4.56. The smallest absolute Gasteiger partial charge is 0.410 e. The Labute approximate surface area is 110 Å². The van der Waals surface area contributed by atoms with Gasteiger partial charge in [0.25, 0.3) is 0 Å². The second-order valence-electron chi connectivity index (χ2n) is 4.82. The third-order valence-corrected chi connectivity index (χ3v) is 2.38. The van der Waals surface area contributed by atoms with E-state index in [0.29, 0.717) is 13.1 Å². The zero-order valence-electron chi connectivity index (χ0n) is 10.6. The van der Waals surface area contributed by atoms with Crippen molar-refractivity contribution in [1.82, 2.24) is 14.7 Å². The van der Waals surface area contributed by atoms with E-state index in [4.69, 9.17) is 4.74 Å². The second-order valence-corrected chi connectivity index (χ2v) is 5.74. The van der Waals surface area contributed by atoms with Crippen LogP contribution in [-0.4, -0.2) is 40.0 Å². The number of amides is 1. The van der Waals surface area contributed by atoms with Crippen LogP contribution in [0.4, 0.5) is 4.79 Å². The molecule has 0 saturated heterocycles. The Morgan fingerprint density at radius 2 is 2.24 bits per heavy atom. The van der Waals surface area contributed by atoms with Gasteiger partial charge >= 0.3 is 6.09 Å². The molecule has 0 aliphatic heterocycles. The highest BCUT2D eigenvalue weighted by atomic mass is 79.9. The van der Waals surface area contributed by atoms with Gasteiger partial charge in [0.05, 0.1) is 17.2 Å². The lowest BCUT2D eigenvalue weighted by Crippen LogP contribution is -2.35. The average molecular weight is 304 g/mol. The minimum Gasteiger partial charge on any atom is -0.444 e. The van der Waals surface area contributed by atoms with Crippen molar-refractivity contribution in [2.24, 2.45) is 0 Å². The van der Waals surface area contributed by atoms with E-state index in [1.807, 2.05) is 27.0 Å². The fourth-order valence-electron chi connectivity index (χ4n) is 1.14. The van der Waals surface area contributed by atoms with Crippen LogP contribution in [-0.2, 0) is 11.3 Å². The van der Waals surface area contributed by atoms with Crippen LogP contribution < -0.4 is 0 Å². The van der Waals surface area contributed by atoms with E-state index in [2.05, 4.69) is 21.0 Å². The molecule has 0 aliphatic rings. The summed E-state index contributed by atoms with van der Waals surface area (Å²) in [7, 11) is 1.71. The van der Waals surface area contributed by atoms with E-state index in [9.17, 15) is 4.79 Å². The first-order valence-corrected chi connectivity index (χ1v) is 6.19. The molecule has 1 aromatic rings. The van der Waals surface area contributed by atoms with E-state index in [1.165, 1.54) is 0 Å². The Morgan fingerprint density at radius 1 is 1.59 bits per heavy atom. The standard InChI is InChI=1S/C11H18BrN3O2/c1-11(2,3)17-10(16)14(4)5-6-15-8-9(12)7-13-15/h7-8H,5-6H2,1-4H3. The van der Waals surface area contributed by atoms with E-state index >= 15 is 0 Å². The van der Waals surface area contributed by atoms with Crippen LogP contribution in [0.5, 0.6) is 0 Å². The molecule has 0 N–H and O–H groups in total. The van der Waals surface area contributed by atoms with Gasteiger partial charge in [0.1, 0.15) is 5.60 Å². The Hall–Kier alpha value is -1.04. The van der Waals surface area contributed by atoms with Crippen molar-refractivity contribution in [3.05, 3.63) is 16.9 Å². The summed E-state index contributed by atoms with van der Waals surface area (Å²) in [6.07, 6.45) is 3.26. The predicted octanol–water partition coefficient (Wildman–Crippen LogP) is 2.51. The van der Waals surface area contributed by atoms with Gasteiger partial charge in [0.15, 0.2) is 0 Å². The van der Waals surface area contributed by atoms with Crippen molar-refractivity contribution in [3.63, 3.8) is 0 Å². The molecule has 1 heterocycles. The third-order valence-electron chi connectivity index (χ3n) is 1.97. The maximum atomic E-state index is 11.6. The second kappa shape index (κ2) is 5.53. The van der Waals surface area contributed by atoms with Crippen LogP contribution in [0.25, 0.3) is 0 Å². The highest BCUT2D eigenvalue weighted by Gasteiger charge is 2.19. The summed E-state index contributed by atoms with van der Waals surface area (Å²) in [5.74, 6) is 0. The Bertz CT molecular complexity index is 384. The van der Waals surface area contributed by atoms with Crippen LogP contribution in [0.1, 0.15) is 20.8 Å². The lowest BCUT2D eigenvalue weighted by Gasteiger charge is -2.24. The summed E-state index contributed by atoms with van der Waals surface area (Å²) < 4.78 is 7.94. The first-order valence-electron chi connectivity index (χ1n) is 5.40. The number of hydrogen-bond acceptors (Lipinski definition) is 3. The lowest BCUT2D eigenvalue weighted by molar-refractivity contribution is 0.0292. The summed E-state index contributed by atoms with van der Waals surface area (Å²) in [6, 6.07) is 0. The molecule has 0 aromatic carbocycles. The zero-order chi connectivity index (χ0) is 13.1. The fourth-order valence-corrected chi connectivity index (χ4v) is 1.47. The molecular formula is C11H18BrN3O2. The number of hydrogen-bond donors (Lipinski definition) is 0. The Morgan fingerprint density at radius 3 is 2.71 bits per heavy atom. The molecule has 1 rings (SSSR count). The molecule has 1 aromatic heterocycles. The summed E-state index contributed by atoms with van der Waals surface area (Å²) in [5.41, 5.74) is -0.458. The number of carbonyl (C=O) groups is 1. The van der Waals surface area contributed by atoms with Gasteiger partial charge in [-0.15, -0.1) is 0 Å². The van der Waals surface area contributed by atoms with Gasteiger partial charge in [0, 0.05) is 19.8 Å². The molecule has 0 bridgehead atoms. The summed E-state index contributed by atoms with van der Waals surface area (Å²) in [4.78, 5) is 13.2. The minimum atomic E-state index is -0.458. The number of likely N-dealkylation sites (N-methyl/N-ethyl adjacent to an activating group) is 1. The molecule has 0 atom stereocenters. The van der Waals surface area contributed by atoms with Crippen LogP contribution >= 0.6 is 15.9 Å². The number of ether oxygens (including phenoxy) is 1. The molecule has 96 valence electrons.